The Morgan fingerprint density at radius 1 is 1.20 bits per heavy atom. The molecule has 0 aliphatic heterocycles. The van der Waals surface area contributed by atoms with Gasteiger partial charge in [0.05, 0.1) is 29.5 Å². The van der Waals surface area contributed by atoms with Crippen molar-refractivity contribution in [1.29, 1.82) is 0 Å². The number of nitrogens with one attached hydrogen (secondary N) is 1. The molecule has 0 atom stereocenters. The minimum atomic E-state index is 0.275. The zero-order chi connectivity index (χ0) is 14.1. The molecule has 0 aliphatic rings. The fraction of sp³-hybridized carbons (Fsp3) is 0.231. The van der Waals surface area contributed by atoms with Gasteiger partial charge in [0.2, 0.25) is 5.95 Å². The second-order valence-electron chi connectivity index (χ2n) is 4.51. The minimum absolute atomic E-state index is 0.275. The van der Waals surface area contributed by atoms with E-state index in [0.717, 1.165) is 27.4 Å². The third-order valence-corrected chi connectivity index (χ3v) is 3.75. The molecule has 0 saturated heterocycles. The van der Waals surface area contributed by atoms with Gasteiger partial charge in [0.1, 0.15) is 10.6 Å². The zero-order valence-electron chi connectivity index (χ0n) is 11.2. The maximum absolute atomic E-state index is 5.74. The van der Waals surface area contributed by atoms with Crippen LogP contribution in [0.1, 0.15) is 16.3 Å². The SMILES string of the molecule is Cc1cnc(CNc2nc(N)nc3sc(C)cc23)cn1. The van der Waals surface area contributed by atoms with Crippen LogP contribution in [-0.2, 0) is 6.54 Å². The summed E-state index contributed by atoms with van der Waals surface area (Å²) in [5.74, 6) is 1.01. The molecule has 0 spiro atoms. The van der Waals surface area contributed by atoms with Crippen LogP contribution in [0.15, 0.2) is 18.5 Å². The highest BCUT2D eigenvalue weighted by molar-refractivity contribution is 7.18. The van der Waals surface area contributed by atoms with Gasteiger partial charge in [-0.2, -0.15) is 4.98 Å². The average molecular weight is 286 g/mol. The highest BCUT2D eigenvalue weighted by Crippen LogP contribution is 2.29. The molecule has 0 aliphatic carbocycles. The van der Waals surface area contributed by atoms with Crippen LogP contribution in [0.4, 0.5) is 11.8 Å². The number of nitrogens with zero attached hydrogens (tertiary/aromatic N) is 4. The number of anilines is 2. The summed E-state index contributed by atoms with van der Waals surface area (Å²) >= 11 is 1.61. The summed E-state index contributed by atoms with van der Waals surface area (Å²) in [5.41, 5.74) is 7.49. The highest BCUT2D eigenvalue weighted by atomic mass is 32.1. The van der Waals surface area contributed by atoms with Crippen LogP contribution >= 0.6 is 11.3 Å². The predicted molar refractivity (Wildman–Crippen MR) is 80.7 cm³/mol. The molecule has 0 fully saturated rings. The lowest BCUT2D eigenvalue weighted by Gasteiger charge is -2.06. The van der Waals surface area contributed by atoms with Gasteiger partial charge < -0.3 is 11.1 Å². The lowest BCUT2D eigenvalue weighted by atomic mass is 10.3. The molecule has 6 nitrogen and oxygen atoms in total. The van der Waals surface area contributed by atoms with Gasteiger partial charge in [-0.15, -0.1) is 11.3 Å². The Hall–Kier alpha value is -2.28. The normalized spacial score (nSPS) is 10.9. The van der Waals surface area contributed by atoms with Crippen molar-refractivity contribution in [3.8, 4) is 0 Å². The van der Waals surface area contributed by atoms with E-state index in [9.17, 15) is 0 Å². The molecule has 0 amide bonds. The average Bonchev–Trinajstić information content (AvgIpc) is 2.78. The first kappa shape index (κ1) is 12.7. The van der Waals surface area contributed by atoms with E-state index in [1.807, 2.05) is 13.8 Å². The van der Waals surface area contributed by atoms with E-state index < -0.39 is 0 Å². The lowest BCUT2D eigenvalue weighted by molar-refractivity contribution is 0.978. The summed E-state index contributed by atoms with van der Waals surface area (Å²) in [4.78, 5) is 19.1. The standard InChI is InChI=1S/C13H14N6S/c1-7-4-16-9(5-15-7)6-17-11-10-3-8(2)20-12(10)19-13(14)18-11/h3-5H,6H2,1-2H3,(H3,14,17,18,19). The third kappa shape index (κ3) is 2.53. The van der Waals surface area contributed by atoms with Crippen LogP contribution < -0.4 is 11.1 Å². The second-order valence-corrected chi connectivity index (χ2v) is 5.74. The minimum Gasteiger partial charge on any atom is -0.368 e. The van der Waals surface area contributed by atoms with Gasteiger partial charge in [0.25, 0.3) is 0 Å². The van der Waals surface area contributed by atoms with Crippen molar-refractivity contribution in [2.24, 2.45) is 0 Å². The van der Waals surface area contributed by atoms with Crippen molar-refractivity contribution >= 4 is 33.3 Å². The number of fused-ring (bicyclic) bond motifs is 1. The molecule has 3 aromatic heterocycles. The van der Waals surface area contributed by atoms with Crippen molar-refractivity contribution in [2.45, 2.75) is 20.4 Å². The van der Waals surface area contributed by atoms with Gasteiger partial charge in [-0.1, -0.05) is 0 Å². The van der Waals surface area contributed by atoms with Crippen LogP contribution in [0, 0.1) is 13.8 Å². The molecule has 3 aromatic rings. The molecule has 3 rings (SSSR count). The van der Waals surface area contributed by atoms with Gasteiger partial charge in [0.15, 0.2) is 0 Å². The van der Waals surface area contributed by atoms with E-state index in [2.05, 4.69) is 31.3 Å². The summed E-state index contributed by atoms with van der Waals surface area (Å²) in [5, 5.41) is 4.24. The number of rotatable bonds is 3. The van der Waals surface area contributed by atoms with Crippen LogP contribution in [0.2, 0.25) is 0 Å². The monoisotopic (exact) mass is 286 g/mol. The first-order valence-corrected chi connectivity index (χ1v) is 6.98. The van der Waals surface area contributed by atoms with Crippen molar-refractivity contribution in [3.05, 3.63) is 34.7 Å². The summed E-state index contributed by atoms with van der Waals surface area (Å²) in [6.07, 6.45) is 3.50. The first-order chi connectivity index (χ1) is 9.61. The number of nitrogens with two attached hydrogens (primary N) is 1. The van der Waals surface area contributed by atoms with Crippen LogP contribution in [0.5, 0.6) is 0 Å². The van der Waals surface area contributed by atoms with Gasteiger partial charge >= 0.3 is 0 Å². The summed E-state index contributed by atoms with van der Waals surface area (Å²) in [7, 11) is 0. The molecule has 0 radical (unpaired) electrons. The van der Waals surface area contributed by atoms with E-state index in [-0.39, 0.29) is 5.95 Å². The molecule has 3 heterocycles. The quantitative estimate of drug-likeness (QED) is 0.768. The maximum Gasteiger partial charge on any atom is 0.223 e. The molecule has 102 valence electrons. The first-order valence-electron chi connectivity index (χ1n) is 6.17. The Morgan fingerprint density at radius 2 is 2.05 bits per heavy atom. The number of thiophene rings is 1. The van der Waals surface area contributed by atoms with Crippen molar-refractivity contribution in [3.63, 3.8) is 0 Å². The second kappa shape index (κ2) is 5.01. The van der Waals surface area contributed by atoms with Crippen molar-refractivity contribution in [1.82, 2.24) is 19.9 Å². The Balaban J connectivity index is 1.88. The predicted octanol–water partition coefficient (Wildman–Crippen LogP) is 2.29. The van der Waals surface area contributed by atoms with Crippen molar-refractivity contribution in [2.75, 3.05) is 11.1 Å². The van der Waals surface area contributed by atoms with Gasteiger partial charge in [-0.3, -0.25) is 9.97 Å². The fourth-order valence-electron chi connectivity index (χ4n) is 1.88. The van der Waals surface area contributed by atoms with E-state index in [4.69, 9.17) is 5.73 Å². The lowest BCUT2D eigenvalue weighted by Crippen LogP contribution is -2.06. The molecule has 0 saturated carbocycles. The molecule has 3 N–H and O–H groups in total. The number of hydrogen-bond donors (Lipinski definition) is 2. The number of aromatic nitrogens is 4. The molecule has 0 aromatic carbocycles. The van der Waals surface area contributed by atoms with E-state index in [1.165, 1.54) is 4.88 Å². The summed E-state index contributed by atoms with van der Waals surface area (Å²) in [6.45, 7) is 4.50. The highest BCUT2D eigenvalue weighted by Gasteiger charge is 2.09. The Kier molecular flexibility index (Phi) is 3.19. The Morgan fingerprint density at radius 3 is 2.80 bits per heavy atom. The fourth-order valence-corrected chi connectivity index (χ4v) is 2.76. The van der Waals surface area contributed by atoms with Crippen LogP contribution in [0.25, 0.3) is 10.2 Å². The van der Waals surface area contributed by atoms with Gasteiger partial charge in [0, 0.05) is 11.1 Å². The molecule has 20 heavy (non-hydrogen) atoms. The van der Waals surface area contributed by atoms with Crippen LogP contribution in [0.3, 0.4) is 0 Å². The maximum atomic E-state index is 5.74. The molecule has 0 unspecified atom stereocenters. The third-order valence-electron chi connectivity index (χ3n) is 2.80. The smallest absolute Gasteiger partial charge is 0.223 e. The zero-order valence-corrected chi connectivity index (χ0v) is 12.0. The van der Waals surface area contributed by atoms with E-state index in [1.54, 1.807) is 23.7 Å². The summed E-state index contributed by atoms with van der Waals surface area (Å²) in [6, 6.07) is 2.06. The van der Waals surface area contributed by atoms with Gasteiger partial charge in [-0.05, 0) is 19.9 Å². The molecule has 7 heteroatoms. The molecule has 0 bridgehead atoms. The number of hydrogen-bond acceptors (Lipinski definition) is 7. The Labute approximate surface area is 120 Å². The van der Waals surface area contributed by atoms with E-state index >= 15 is 0 Å². The Bertz CT molecular complexity index is 749. The summed E-state index contributed by atoms with van der Waals surface area (Å²) < 4.78 is 0. The van der Waals surface area contributed by atoms with Crippen molar-refractivity contribution < 1.29 is 0 Å². The largest absolute Gasteiger partial charge is 0.368 e. The number of nitrogen functional groups attached to an aromatic ring is 1. The van der Waals surface area contributed by atoms with Gasteiger partial charge in [-0.25, -0.2) is 4.98 Å². The van der Waals surface area contributed by atoms with E-state index in [0.29, 0.717) is 6.54 Å². The van der Waals surface area contributed by atoms with Crippen LogP contribution in [-0.4, -0.2) is 19.9 Å². The molecular formula is C13H14N6S. The molecular weight excluding hydrogens is 272 g/mol. The number of aryl methyl sites for hydroxylation is 2. The topological polar surface area (TPSA) is 89.6 Å².